The highest BCUT2D eigenvalue weighted by molar-refractivity contribution is 6.05. The average molecular weight is 392 g/mol. The normalized spacial score (nSPS) is 18.5. The molecule has 0 spiro atoms. The second kappa shape index (κ2) is 8.32. The van der Waals surface area contributed by atoms with Gasteiger partial charge in [-0.3, -0.25) is 0 Å². The number of fused-ring (bicyclic) bond motifs is 2. The molecule has 2 aromatic carbocycles. The van der Waals surface area contributed by atoms with E-state index >= 15 is 0 Å². The number of benzene rings is 2. The van der Waals surface area contributed by atoms with Gasteiger partial charge in [0.1, 0.15) is 17.2 Å². The standard InChI is InChI=1S/C21H28O7/c1-11-8-13-16(12(2)28-11)21(27-10-22-3)17-14(23-4)9-15(24-5)20(26-7)18(17)19(13)25-6/h9,11-12H,8,10H2,1-7H3/t11-,12-/m1/s1. The quantitative estimate of drug-likeness (QED) is 0.663. The highest BCUT2D eigenvalue weighted by Crippen LogP contribution is 2.55. The first-order valence-electron chi connectivity index (χ1n) is 9.14. The third-order valence-corrected chi connectivity index (χ3v) is 5.01. The lowest BCUT2D eigenvalue weighted by Crippen LogP contribution is -2.24. The summed E-state index contributed by atoms with van der Waals surface area (Å²) in [7, 11) is 8.04. The van der Waals surface area contributed by atoms with Crippen molar-refractivity contribution < 1.29 is 33.2 Å². The van der Waals surface area contributed by atoms with E-state index in [9.17, 15) is 0 Å². The van der Waals surface area contributed by atoms with Gasteiger partial charge in [0.15, 0.2) is 18.3 Å². The van der Waals surface area contributed by atoms with Crippen molar-refractivity contribution in [3.63, 3.8) is 0 Å². The smallest absolute Gasteiger partial charge is 0.188 e. The highest BCUT2D eigenvalue weighted by Gasteiger charge is 2.34. The molecule has 1 aliphatic rings. The fourth-order valence-electron chi connectivity index (χ4n) is 4.00. The molecule has 0 saturated carbocycles. The van der Waals surface area contributed by atoms with Gasteiger partial charge >= 0.3 is 0 Å². The Morgan fingerprint density at radius 2 is 1.54 bits per heavy atom. The molecule has 0 N–H and O–H groups in total. The lowest BCUT2D eigenvalue weighted by Gasteiger charge is -2.33. The number of rotatable bonds is 7. The third-order valence-electron chi connectivity index (χ3n) is 5.01. The van der Waals surface area contributed by atoms with Gasteiger partial charge in [0.25, 0.3) is 0 Å². The molecule has 0 amide bonds. The van der Waals surface area contributed by atoms with Crippen molar-refractivity contribution in [1.29, 1.82) is 0 Å². The SMILES string of the molecule is COCOc1c2c(c(OC)c3c(OC)c(OC)cc(OC)c13)C[C@@H](C)O[C@@H]2C. The van der Waals surface area contributed by atoms with Gasteiger partial charge in [-0.15, -0.1) is 0 Å². The zero-order valence-electron chi connectivity index (χ0n) is 17.5. The Morgan fingerprint density at radius 1 is 0.857 bits per heavy atom. The van der Waals surface area contributed by atoms with Gasteiger partial charge in [0, 0.05) is 30.7 Å². The van der Waals surface area contributed by atoms with Crippen LogP contribution in [0, 0.1) is 0 Å². The van der Waals surface area contributed by atoms with E-state index in [1.165, 1.54) is 0 Å². The molecule has 7 heteroatoms. The molecule has 2 atom stereocenters. The Hall–Kier alpha value is -2.38. The van der Waals surface area contributed by atoms with E-state index in [0.717, 1.165) is 21.9 Å². The summed E-state index contributed by atoms with van der Waals surface area (Å²) in [5.74, 6) is 3.06. The van der Waals surface area contributed by atoms with Crippen molar-refractivity contribution in [2.45, 2.75) is 32.5 Å². The van der Waals surface area contributed by atoms with E-state index in [1.54, 1.807) is 41.6 Å². The van der Waals surface area contributed by atoms with Gasteiger partial charge in [-0.05, 0) is 13.8 Å². The van der Waals surface area contributed by atoms with Gasteiger partial charge in [-0.1, -0.05) is 0 Å². The highest BCUT2D eigenvalue weighted by atomic mass is 16.7. The maximum Gasteiger partial charge on any atom is 0.188 e. The van der Waals surface area contributed by atoms with Crippen LogP contribution in [0.25, 0.3) is 10.8 Å². The molecule has 0 bridgehead atoms. The van der Waals surface area contributed by atoms with Crippen LogP contribution in [0.1, 0.15) is 31.1 Å². The maximum absolute atomic E-state index is 6.08. The van der Waals surface area contributed by atoms with Gasteiger partial charge in [0.2, 0.25) is 0 Å². The third kappa shape index (κ3) is 3.18. The van der Waals surface area contributed by atoms with Crippen LogP contribution >= 0.6 is 0 Å². The molecular formula is C21H28O7. The van der Waals surface area contributed by atoms with Crippen molar-refractivity contribution >= 4 is 10.8 Å². The molecule has 0 fully saturated rings. The molecule has 2 aromatic rings. The lowest BCUT2D eigenvalue weighted by molar-refractivity contribution is -0.00992. The molecule has 0 unspecified atom stereocenters. The summed E-state index contributed by atoms with van der Waals surface area (Å²) < 4.78 is 40.2. The van der Waals surface area contributed by atoms with Crippen LogP contribution in [-0.4, -0.2) is 48.4 Å². The van der Waals surface area contributed by atoms with E-state index in [1.807, 2.05) is 13.8 Å². The molecule has 0 saturated heterocycles. The van der Waals surface area contributed by atoms with E-state index in [4.69, 9.17) is 33.2 Å². The number of hydrogen-bond acceptors (Lipinski definition) is 7. The van der Waals surface area contributed by atoms with Crippen LogP contribution < -0.4 is 23.7 Å². The van der Waals surface area contributed by atoms with Crippen molar-refractivity contribution in [1.82, 2.24) is 0 Å². The summed E-state index contributed by atoms with van der Waals surface area (Å²) in [6.45, 7) is 4.14. The Bertz CT molecular complexity index is 862. The predicted molar refractivity (Wildman–Crippen MR) is 105 cm³/mol. The topological polar surface area (TPSA) is 64.6 Å². The zero-order chi connectivity index (χ0) is 20.4. The molecule has 1 aliphatic heterocycles. The second-order valence-electron chi connectivity index (χ2n) is 6.66. The first-order chi connectivity index (χ1) is 13.5. The van der Waals surface area contributed by atoms with Gasteiger partial charge < -0.3 is 33.2 Å². The first-order valence-corrected chi connectivity index (χ1v) is 9.14. The van der Waals surface area contributed by atoms with E-state index in [2.05, 4.69) is 0 Å². The molecule has 0 radical (unpaired) electrons. The predicted octanol–water partition coefficient (Wildman–Crippen LogP) is 3.88. The summed E-state index contributed by atoms with van der Waals surface area (Å²) >= 11 is 0. The molecule has 1 heterocycles. The summed E-state index contributed by atoms with van der Waals surface area (Å²) in [6, 6.07) is 1.78. The fraction of sp³-hybridized carbons (Fsp3) is 0.524. The molecule has 3 rings (SSSR count). The van der Waals surface area contributed by atoms with Crippen LogP contribution in [0.5, 0.6) is 28.7 Å². The monoisotopic (exact) mass is 392 g/mol. The van der Waals surface area contributed by atoms with Crippen molar-refractivity contribution in [2.24, 2.45) is 0 Å². The summed E-state index contributed by atoms with van der Waals surface area (Å²) in [5.41, 5.74) is 1.96. The van der Waals surface area contributed by atoms with E-state index in [0.29, 0.717) is 35.2 Å². The van der Waals surface area contributed by atoms with Crippen LogP contribution in [0.3, 0.4) is 0 Å². The molecule has 28 heavy (non-hydrogen) atoms. The van der Waals surface area contributed by atoms with Gasteiger partial charge in [0.05, 0.1) is 51.4 Å². The Labute approximate surface area is 165 Å². The van der Waals surface area contributed by atoms with Crippen LogP contribution in [0.2, 0.25) is 0 Å². The van der Waals surface area contributed by atoms with Gasteiger partial charge in [-0.2, -0.15) is 0 Å². The Balaban J connectivity index is 2.53. The Kier molecular flexibility index (Phi) is 6.05. The van der Waals surface area contributed by atoms with Crippen LogP contribution in [0.4, 0.5) is 0 Å². The largest absolute Gasteiger partial charge is 0.496 e. The van der Waals surface area contributed by atoms with Crippen molar-refractivity contribution in [2.75, 3.05) is 42.3 Å². The second-order valence-corrected chi connectivity index (χ2v) is 6.66. The minimum atomic E-state index is -0.179. The molecule has 0 aromatic heterocycles. The van der Waals surface area contributed by atoms with Crippen molar-refractivity contribution in [3.8, 4) is 28.7 Å². The number of hydrogen-bond donors (Lipinski definition) is 0. The minimum absolute atomic E-state index is 0.0441. The lowest BCUT2D eigenvalue weighted by atomic mass is 9.88. The molecular weight excluding hydrogens is 364 g/mol. The summed E-state index contributed by atoms with van der Waals surface area (Å²) in [5, 5.41) is 1.48. The zero-order valence-corrected chi connectivity index (χ0v) is 17.5. The van der Waals surface area contributed by atoms with Crippen molar-refractivity contribution in [3.05, 3.63) is 17.2 Å². The first kappa shape index (κ1) is 20.4. The number of methoxy groups -OCH3 is 5. The van der Waals surface area contributed by atoms with Gasteiger partial charge in [-0.25, -0.2) is 0 Å². The fourth-order valence-corrected chi connectivity index (χ4v) is 4.00. The van der Waals surface area contributed by atoms with Crippen LogP contribution in [-0.2, 0) is 15.9 Å². The van der Waals surface area contributed by atoms with Crippen LogP contribution in [0.15, 0.2) is 6.07 Å². The average Bonchev–Trinajstić information content (AvgIpc) is 2.69. The minimum Gasteiger partial charge on any atom is -0.496 e. The molecule has 0 aliphatic carbocycles. The maximum atomic E-state index is 6.08. The summed E-state index contributed by atoms with van der Waals surface area (Å²) in [4.78, 5) is 0. The summed E-state index contributed by atoms with van der Waals surface area (Å²) in [6.07, 6.45) is 0.550. The van der Waals surface area contributed by atoms with E-state index < -0.39 is 0 Å². The number of ether oxygens (including phenoxy) is 7. The van der Waals surface area contributed by atoms with E-state index in [-0.39, 0.29) is 19.0 Å². The molecule has 154 valence electrons. The Morgan fingerprint density at radius 3 is 2.11 bits per heavy atom. The molecule has 7 nitrogen and oxygen atoms in total.